The van der Waals surface area contributed by atoms with Crippen molar-refractivity contribution in [3.63, 3.8) is 0 Å². The van der Waals surface area contributed by atoms with E-state index in [0.29, 0.717) is 11.7 Å². The van der Waals surface area contributed by atoms with E-state index < -0.39 is 0 Å². The van der Waals surface area contributed by atoms with Gasteiger partial charge in [0.05, 0.1) is 5.69 Å². The van der Waals surface area contributed by atoms with Crippen LogP contribution in [0.4, 0.5) is 5.69 Å². The van der Waals surface area contributed by atoms with E-state index in [2.05, 4.69) is 10.2 Å². The van der Waals surface area contributed by atoms with Crippen LogP contribution < -0.4 is 10.2 Å². The van der Waals surface area contributed by atoms with E-state index in [1.54, 1.807) is 6.07 Å². The van der Waals surface area contributed by atoms with Crippen molar-refractivity contribution in [3.8, 4) is 5.75 Å². The lowest BCUT2D eigenvalue weighted by molar-refractivity contribution is 0.379. The monoisotopic (exact) mass is 220 g/mol. The van der Waals surface area contributed by atoms with Crippen LogP contribution in [-0.2, 0) is 0 Å². The van der Waals surface area contributed by atoms with E-state index in [-0.39, 0.29) is 0 Å². The van der Waals surface area contributed by atoms with Crippen LogP contribution in [0.1, 0.15) is 12.8 Å². The molecule has 88 valence electrons. The minimum atomic E-state index is 0.369. The Morgan fingerprint density at radius 3 is 2.94 bits per heavy atom. The van der Waals surface area contributed by atoms with E-state index in [9.17, 15) is 5.11 Å². The number of rotatable bonds is 3. The molecule has 0 radical (unpaired) electrons. The third-order valence-electron chi connectivity index (χ3n) is 3.22. The fraction of sp³-hybridized carbons (Fsp3) is 0.538. The molecule has 3 nitrogen and oxygen atoms in total. The van der Waals surface area contributed by atoms with Gasteiger partial charge < -0.3 is 15.3 Å². The molecule has 0 spiro atoms. The van der Waals surface area contributed by atoms with Crippen LogP contribution in [0.5, 0.6) is 5.75 Å². The van der Waals surface area contributed by atoms with E-state index in [0.717, 1.165) is 25.3 Å². The third kappa shape index (κ3) is 2.67. The highest BCUT2D eigenvalue weighted by Gasteiger charge is 2.16. The number of piperidine rings is 1. The zero-order valence-corrected chi connectivity index (χ0v) is 9.82. The maximum Gasteiger partial charge on any atom is 0.138 e. The summed E-state index contributed by atoms with van der Waals surface area (Å²) in [6.45, 7) is 3.25. The summed E-state index contributed by atoms with van der Waals surface area (Å²) in [7, 11) is 2.05. The summed E-state index contributed by atoms with van der Waals surface area (Å²) < 4.78 is 0. The van der Waals surface area contributed by atoms with Crippen molar-refractivity contribution >= 4 is 5.69 Å². The summed E-state index contributed by atoms with van der Waals surface area (Å²) in [6, 6.07) is 7.52. The number of aromatic hydroxyl groups is 1. The third-order valence-corrected chi connectivity index (χ3v) is 3.22. The highest BCUT2D eigenvalue weighted by molar-refractivity contribution is 5.56. The van der Waals surface area contributed by atoms with Crippen molar-refractivity contribution in [2.75, 3.05) is 31.6 Å². The number of hydrogen-bond donors (Lipinski definition) is 2. The van der Waals surface area contributed by atoms with Crippen LogP contribution in [-0.4, -0.2) is 31.8 Å². The number of hydrogen-bond acceptors (Lipinski definition) is 3. The van der Waals surface area contributed by atoms with Gasteiger partial charge in [0.15, 0.2) is 0 Å². The van der Waals surface area contributed by atoms with Crippen molar-refractivity contribution in [3.05, 3.63) is 24.3 Å². The molecule has 0 amide bonds. The number of anilines is 1. The van der Waals surface area contributed by atoms with Crippen molar-refractivity contribution in [1.82, 2.24) is 5.32 Å². The largest absolute Gasteiger partial charge is 0.506 e. The summed E-state index contributed by atoms with van der Waals surface area (Å²) in [5.41, 5.74) is 0.924. The fourth-order valence-corrected chi connectivity index (χ4v) is 2.35. The van der Waals surface area contributed by atoms with Crippen LogP contribution in [0.3, 0.4) is 0 Å². The Bertz CT molecular complexity index is 334. The fourth-order valence-electron chi connectivity index (χ4n) is 2.35. The number of nitrogens with one attached hydrogen (secondary N) is 1. The quantitative estimate of drug-likeness (QED) is 0.815. The van der Waals surface area contributed by atoms with Gasteiger partial charge in [-0.1, -0.05) is 12.1 Å². The van der Waals surface area contributed by atoms with E-state index in [4.69, 9.17) is 0 Å². The Hall–Kier alpha value is -1.22. The molecule has 1 aromatic rings. The Labute approximate surface area is 97.1 Å². The van der Waals surface area contributed by atoms with Crippen LogP contribution >= 0.6 is 0 Å². The van der Waals surface area contributed by atoms with Crippen LogP contribution in [0.15, 0.2) is 24.3 Å². The molecule has 0 aromatic heterocycles. The van der Waals surface area contributed by atoms with Crippen molar-refractivity contribution < 1.29 is 5.11 Å². The normalized spacial score (nSPS) is 20.7. The lowest BCUT2D eigenvalue weighted by atomic mass is 9.99. The molecule has 0 saturated carbocycles. The topological polar surface area (TPSA) is 35.5 Å². The van der Waals surface area contributed by atoms with Gasteiger partial charge in [-0.3, -0.25) is 0 Å². The van der Waals surface area contributed by atoms with Gasteiger partial charge in [-0.2, -0.15) is 0 Å². The first-order chi connectivity index (χ1) is 7.77. The Balaban J connectivity index is 1.96. The molecular formula is C13H20N2O. The van der Waals surface area contributed by atoms with Gasteiger partial charge in [0, 0.05) is 13.6 Å². The average Bonchev–Trinajstić information content (AvgIpc) is 2.31. The molecule has 1 heterocycles. The molecule has 1 fully saturated rings. The van der Waals surface area contributed by atoms with Crippen molar-refractivity contribution in [2.45, 2.75) is 12.8 Å². The van der Waals surface area contributed by atoms with Gasteiger partial charge in [-0.25, -0.2) is 0 Å². The average molecular weight is 220 g/mol. The van der Waals surface area contributed by atoms with Crippen molar-refractivity contribution in [1.29, 1.82) is 0 Å². The molecule has 0 aliphatic carbocycles. The van der Waals surface area contributed by atoms with E-state index >= 15 is 0 Å². The molecule has 2 N–H and O–H groups in total. The molecule has 1 aliphatic rings. The van der Waals surface area contributed by atoms with E-state index in [1.807, 2.05) is 25.2 Å². The maximum atomic E-state index is 9.75. The molecule has 1 aromatic carbocycles. The number of phenolic OH excluding ortho intramolecular Hbond substituents is 1. The standard InChI is InChI=1S/C13H20N2O/c1-15(10-11-5-4-8-14-9-11)12-6-2-3-7-13(12)16/h2-3,6-7,11,14,16H,4-5,8-10H2,1H3. The molecule has 2 rings (SSSR count). The first-order valence-electron chi connectivity index (χ1n) is 5.97. The summed E-state index contributed by atoms with van der Waals surface area (Å²) >= 11 is 0. The molecule has 1 saturated heterocycles. The minimum absolute atomic E-state index is 0.369. The highest BCUT2D eigenvalue weighted by Crippen LogP contribution is 2.26. The highest BCUT2D eigenvalue weighted by atomic mass is 16.3. The predicted molar refractivity (Wildman–Crippen MR) is 67.0 cm³/mol. The zero-order valence-electron chi connectivity index (χ0n) is 9.82. The molecular weight excluding hydrogens is 200 g/mol. The smallest absolute Gasteiger partial charge is 0.138 e. The first-order valence-corrected chi connectivity index (χ1v) is 5.97. The van der Waals surface area contributed by atoms with Crippen molar-refractivity contribution in [2.24, 2.45) is 5.92 Å². The molecule has 1 atom stereocenters. The van der Waals surface area contributed by atoms with Gasteiger partial charge in [-0.05, 0) is 44.0 Å². The van der Waals surface area contributed by atoms with E-state index in [1.165, 1.54) is 12.8 Å². The lowest BCUT2D eigenvalue weighted by Gasteiger charge is -2.29. The van der Waals surface area contributed by atoms with Crippen LogP contribution in [0, 0.1) is 5.92 Å². The predicted octanol–water partition coefficient (Wildman–Crippen LogP) is 1.83. The molecule has 1 unspecified atom stereocenters. The van der Waals surface area contributed by atoms with Crippen LogP contribution in [0.25, 0.3) is 0 Å². The molecule has 0 bridgehead atoms. The summed E-state index contributed by atoms with van der Waals surface area (Å²) in [5.74, 6) is 1.06. The molecule has 16 heavy (non-hydrogen) atoms. The Kier molecular flexibility index (Phi) is 3.67. The Morgan fingerprint density at radius 2 is 2.25 bits per heavy atom. The minimum Gasteiger partial charge on any atom is -0.506 e. The van der Waals surface area contributed by atoms with Gasteiger partial charge in [-0.15, -0.1) is 0 Å². The summed E-state index contributed by atoms with van der Waals surface area (Å²) in [6.07, 6.45) is 2.55. The summed E-state index contributed by atoms with van der Waals surface area (Å²) in [4.78, 5) is 2.15. The maximum absolute atomic E-state index is 9.75. The van der Waals surface area contributed by atoms with Gasteiger partial charge in [0.25, 0.3) is 0 Å². The Morgan fingerprint density at radius 1 is 1.44 bits per heavy atom. The zero-order chi connectivity index (χ0) is 11.4. The van der Waals surface area contributed by atoms with Gasteiger partial charge >= 0.3 is 0 Å². The second-order valence-electron chi connectivity index (χ2n) is 4.58. The first kappa shape index (κ1) is 11.3. The number of benzene rings is 1. The molecule has 3 heteroatoms. The number of para-hydroxylation sites is 2. The lowest BCUT2D eigenvalue weighted by Crippen LogP contribution is -2.36. The van der Waals surface area contributed by atoms with Gasteiger partial charge in [0.2, 0.25) is 0 Å². The number of nitrogens with zero attached hydrogens (tertiary/aromatic N) is 1. The summed E-state index contributed by atoms with van der Waals surface area (Å²) in [5, 5.41) is 13.2. The number of phenols is 1. The molecule has 1 aliphatic heterocycles. The second kappa shape index (κ2) is 5.21. The van der Waals surface area contributed by atoms with Crippen LogP contribution in [0.2, 0.25) is 0 Å². The SMILES string of the molecule is CN(CC1CCCNC1)c1ccccc1O. The van der Waals surface area contributed by atoms with Gasteiger partial charge in [0.1, 0.15) is 5.75 Å². The second-order valence-corrected chi connectivity index (χ2v) is 4.58.